The molecule has 2 amide bonds. The summed E-state index contributed by atoms with van der Waals surface area (Å²) in [7, 11) is 1.55. The van der Waals surface area contributed by atoms with Crippen LogP contribution in [0.2, 0.25) is 0 Å². The van der Waals surface area contributed by atoms with Crippen LogP contribution in [0, 0.1) is 0 Å². The van der Waals surface area contributed by atoms with Gasteiger partial charge < -0.3 is 5.73 Å². The summed E-state index contributed by atoms with van der Waals surface area (Å²) < 4.78 is 29.4. The Hall–Kier alpha value is -2.85. The average Bonchev–Trinajstić information content (AvgIpc) is 2.97. The van der Waals surface area contributed by atoms with E-state index in [4.69, 9.17) is 5.73 Å². The third kappa shape index (κ3) is 2.46. The number of aromatic nitrogens is 5. The van der Waals surface area contributed by atoms with Crippen LogP contribution in [-0.2, 0) is 11.3 Å². The minimum atomic E-state index is -2.71. The Labute approximate surface area is 140 Å². The van der Waals surface area contributed by atoms with E-state index >= 15 is 0 Å². The van der Waals surface area contributed by atoms with Crippen LogP contribution in [-0.4, -0.2) is 49.3 Å². The monoisotopic (exact) mass is 351 g/mol. The first-order chi connectivity index (χ1) is 11.8. The van der Waals surface area contributed by atoms with Crippen molar-refractivity contribution in [3.8, 4) is 0 Å². The van der Waals surface area contributed by atoms with Crippen molar-refractivity contribution in [2.24, 2.45) is 5.73 Å². The quantitative estimate of drug-likeness (QED) is 0.855. The van der Waals surface area contributed by atoms with Gasteiger partial charge in [-0.1, -0.05) is 0 Å². The Morgan fingerprint density at radius 2 is 2.12 bits per heavy atom. The van der Waals surface area contributed by atoms with Crippen LogP contribution in [0.25, 0.3) is 0 Å². The van der Waals surface area contributed by atoms with E-state index in [0.29, 0.717) is 24.5 Å². The van der Waals surface area contributed by atoms with Crippen molar-refractivity contribution in [1.29, 1.82) is 0 Å². The SMILES string of the molecule is CN1C(=O)[C@@H](n2cnc(C(N)=O)n2)CCn2nc([C@@H]3CC3(F)F)cc21. The fourth-order valence-electron chi connectivity index (χ4n) is 3.05. The lowest BCUT2D eigenvalue weighted by Gasteiger charge is -2.19. The highest BCUT2D eigenvalue weighted by molar-refractivity contribution is 5.95. The number of carbonyl (C=O) groups is 2. The molecule has 2 aromatic rings. The number of hydrogen-bond donors (Lipinski definition) is 1. The van der Waals surface area contributed by atoms with Gasteiger partial charge in [-0.2, -0.15) is 5.10 Å². The molecule has 0 spiro atoms. The summed E-state index contributed by atoms with van der Waals surface area (Å²) >= 11 is 0. The van der Waals surface area contributed by atoms with Gasteiger partial charge in [0.2, 0.25) is 5.82 Å². The molecule has 1 aliphatic carbocycles. The maximum atomic E-state index is 13.3. The molecule has 0 unspecified atom stereocenters. The van der Waals surface area contributed by atoms with Crippen LogP contribution in [0.3, 0.4) is 0 Å². The van der Waals surface area contributed by atoms with E-state index in [2.05, 4.69) is 15.2 Å². The number of nitrogens with two attached hydrogens (primary N) is 1. The van der Waals surface area contributed by atoms with Crippen molar-refractivity contribution in [3.63, 3.8) is 0 Å². The molecular formula is C14H15F2N7O2. The summed E-state index contributed by atoms with van der Waals surface area (Å²) in [5.74, 6) is -4.38. The zero-order valence-corrected chi connectivity index (χ0v) is 13.3. The molecule has 0 radical (unpaired) electrons. The van der Waals surface area contributed by atoms with Gasteiger partial charge in [0.25, 0.3) is 17.7 Å². The van der Waals surface area contributed by atoms with Crippen molar-refractivity contribution in [3.05, 3.63) is 23.9 Å². The summed E-state index contributed by atoms with van der Waals surface area (Å²) in [6, 6.07) is 0.847. The number of nitrogens with zero attached hydrogens (tertiary/aromatic N) is 6. The summed E-state index contributed by atoms with van der Waals surface area (Å²) in [5.41, 5.74) is 5.43. The van der Waals surface area contributed by atoms with Crippen LogP contribution in [0.1, 0.15) is 41.1 Å². The molecule has 1 fully saturated rings. The Kier molecular flexibility index (Phi) is 3.18. The Balaban J connectivity index is 1.61. The smallest absolute Gasteiger partial charge is 0.288 e. The number of hydrogen-bond acceptors (Lipinski definition) is 5. The first kappa shape index (κ1) is 15.7. The molecule has 1 aliphatic heterocycles. The Bertz CT molecular complexity index is 874. The van der Waals surface area contributed by atoms with Crippen LogP contribution in [0.15, 0.2) is 12.4 Å². The molecule has 25 heavy (non-hydrogen) atoms. The van der Waals surface area contributed by atoms with Crippen LogP contribution < -0.4 is 10.6 Å². The molecule has 9 nitrogen and oxygen atoms in total. The van der Waals surface area contributed by atoms with Crippen LogP contribution in [0.5, 0.6) is 0 Å². The summed E-state index contributed by atoms with van der Waals surface area (Å²) in [5, 5.41) is 8.17. The summed E-state index contributed by atoms with van der Waals surface area (Å²) in [4.78, 5) is 29.0. The molecule has 2 atom stereocenters. The topological polar surface area (TPSA) is 112 Å². The molecule has 3 heterocycles. The first-order valence-electron chi connectivity index (χ1n) is 7.72. The minimum Gasteiger partial charge on any atom is -0.363 e. The Morgan fingerprint density at radius 3 is 2.72 bits per heavy atom. The normalized spacial score (nSPS) is 24.8. The molecule has 2 aliphatic rings. The number of rotatable bonds is 3. The lowest BCUT2D eigenvalue weighted by molar-refractivity contribution is -0.121. The summed E-state index contributed by atoms with van der Waals surface area (Å²) in [6.45, 7) is 0.347. The number of amides is 2. The summed E-state index contributed by atoms with van der Waals surface area (Å²) in [6.07, 6.45) is 1.40. The number of alkyl halides is 2. The number of likely N-dealkylation sites (N-methyl/N-ethyl adjacent to an activating group) is 1. The van der Waals surface area contributed by atoms with Gasteiger partial charge in [0.1, 0.15) is 18.2 Å². The first-order valence-corrected chi connectivity index (χ1v) is 7.72. The largest absolute Gasteiger partial charge is 0.363 e. The second-order valence-corrected chi connectivity index (χ2v) is 6.28. The van der Waals surface area contributed by atoms with Gasteiger partial charge in [-0.3, -0.25) is 14.5 Å². The maximum absolute atomic E-state index is 13.3. The molecule has 132 valence electrons. The molecule has 0 bridgehead atoms. The van der Waals surface area contributed by atoms with E-state index in [-0.39, 0.29) is 18.2 Å². The standard InChI is InChI=1S/C14H15F2N7O2/c1-21-10-4-8(7-5-14(7,15)16)19-22(10)3-2-9(13(21)25)23-6-18-12(20-23)11(17)24/h4,6-7,9H,2-3,5H2,1H3,(H2,17,24)/t7-,9-/m0/s1. The number of aryl methyl sites for hydroxylation is 1. The molecule has 2 aromatic heterocycles. The van der Waals surface area contributed by atoms with E-state index in [0.717, 1.165) is 0 Å². The molecular weight excluding hydrogens is 336 g/mol. The molecule has 2 N–H and O–H groups in total. The number of anilines is 1. The van der Waals surface area contributed by atoms with Gasteiger partial charge in [-0.05, 0) is 6.42 Å². The fourth-order valence-corrected chi connectivity index (χ4v) is 3.05. The van der Waals surface area contributed by atoms with Gasteiger partial charge in [-0.15, -0.1) is 5.10 Å². The number of fused-ring (bicyclic) bond motifs is 1. The van der Waals surface area contributed by atoms with Gasteiger partial charge in [0.15, 0.2) is 0 Å². The number of primary amides is 1. The zero-order valence-electron chi connectivity index (χ0n) is 13.3. The lowest BCUT2D eigenvalue weighted by Crippen LogP contribution is -2.34. The van der Waals surface area contributed by atoms with Crippen molar-refractivity contribution in [2.45, 2.75) is 37.3 Å². The molecule has 0 aromatic carbocycles. The van der Waals surface area contributed by atoms with Crippen molar-refractivity contribution < 1.29 is 18.4 Å². The van der Waals surface area contributed by atoms with E-state index < -0.39 is 23.8 Å². The second kappa shape index (κ2) is 5.07. The molecule has 4 rings (SSSR count). The van der Waals surface area contributed by atoms with Crippen LogP contribution in [0.4, 0.5) is 14.6 Å². The van der Waals surface area contributed by atoms with Gasteiger partial charge in [-0.25, -0.2) is 23.1 Å². The number of carbonyl (C=O) groups excluding carboxylic acids is 2. The average molecular weight is 351 g/mol. The van der Waals surface area contributed by atoms with E-state index in [1.807, 2.05) is 0 Å². The molecule has 11 heteroatoms. The zero-order chi connectivity index (χ0) is 17.9. The lowest BCUT2D eigenvalue weighted by atomic mass is 10.2. The fraction of sp³-hybridized carbons (Fsp3) is 0.500. The van der Waals surface area contributed by atoms with Crippen molar-refractivity contribution >= 4 is 17.6 Å². The predicted molar refractivity (Wildman–Crippen MR) is 80.1 cm³/mol. The highest BCUT2D eigenvalue weighted by atomic mass is 19.3. The van der Waals surface area contributed by atoms with Crippen molar-refractivity contribution in [1.82, 2.24) is 24.5 Å². The molecule has 0 saturated heterocycles. The van der Waals surface area contributed by atoms with E-state index in [1.54, 1.807) is 11.7 Å². The minimum absolute atomic E-state index is 0.171. The van der Waals surface area contributed by atoms with Crippen molar-refractivity contribution in [2.75, 3.05) is 11.9 Å². The number of halogens is 2. The molecule has 1 saturated carbocycles. The van der Waals surface area contributed by atoms with Gasteiger partial charge >= 0.3 is 0 Å². The third-order valence-corrected chi connectivity index (χ3v) is 4.58. The van der Waals surface area contributed by atoms with Gasteiger partial charge in [0.05, 0.1) is 11.6 Å². The maximum Gasteiger partial charge on any atom is 0.288 e. The predicted octanol–water partition coefficient (Wildman–Crippen LogP) is 0.304. The highest BCUT2D eigenvalue weighted by Crippen LogP contribution is 2.55. The second-order valence-electron chi connectivity index (χ2n) is 6.28. The third-order valence-electron chi connectivity index (χ3n) is 4.58. The van der Waals surface area contributed by atoms with E-state index in [1.165, 1.54) is 22.0 Å². The van der Waals surface area contributed by atoms with E-state index in [9.17, 15) is 18.4 Å². The van der Waals surface area contributed by atoms with Gasteiger partial charge in [0, 0.05) is 26.1 Å². The van der Waals surface area contributed by atoms with Crippen LogP contribution >= 0.6 is 0 Å². The highest BCUT2D eigenvalue weighted by Gasteiger charge is 2.59. The Morgan fingerprint density at radius 1 is 1.40 bits per heavy atom.